The summed E-state index contributed by atoms with van der Waals surface area (Å²) in [4.78, 5) is 0. The molecule has 2 N–H and O–H groups in total. The van der Waals surface area contributed by atoms with E-state index < -0.39 is 0 Å². The number of hydrogen-bond acceptors (Lipinski definition) is 6. The fraction of sp³-hybridized carbons (Fsp3) is 0.417. The van der Waals surface area contributed by atoms with Gasteiger partial charge in [-0.15, -0.1) is 5.10 Å². The second-order valence-corrected chi connectivity index (χ2v) is 4.90. The molecule has 0 aliphatic rings. The third kappa shape index (κ3) is 4.53. The van der Waals surface area contributed by atoms with Crippen LogP contribution in [-0.2, 0) is 6.54 Å². The monoisotopic (exact) mass is 279 g/mol. The summed E-state index contributed by atoms with van der Waals surface area (Å²) in [5, 5.41) is 12.3. The fourth-order valence-corrected chi connectivity index (χ4v) is 2.31. The van der Waals surface area contributed by atoms with Crippen molar-refractivity contribution in [2.45, 2.75) is 18.1 Å². The molecule has 7 heteroatoms. The van der Waals surface area contributed by atoms with Crippen molar-refractivity contribution in [2.24, 2.45) is 5.73 Å². The van der Waals surface area contributed by atoms with Crippen molar-refractivity contribution in [3.05, 3.63) is 30.3 Å². The molecule has 2 aromatic rings. The molecule has 1 aromatic heterocycles. The summed E-state index contributed by atoms with van der Waals surface area (Å²) in [6, 6.07) is 9.81. The summed E-state index contributed by atoms with van der Waals surface area (Å²) in [5.74, 6) is 1.82. The quantitative estimate of drug-likeness (QED) is 0.577. The second kappa shape index (κ2) is 7.75. The zero-order valence-electron chi connectivity index (χ0n) is 10.6. The minimum Gasteiger partial charge on any atom is -0.494 e. The number of tetrazole rings is 1. The first kappa shape index (κ1) is 13.8. The third-order valence-electron chi connectivity index (χ3n) is 2.37. The van der Waals surface area contributed by atoms with E-state index in [9.17, 15) is 0 Å². The van der Waals surface area contributed by atoms with Gasteiger partial charge in [-0.3, -0.25) is 0 Å². The average Bonchev–Trinajstić information content (AvgIpc) is 2.88. The van der Waals surface area contributed by atoms with E-state index in [1.807, 2.05) is 30.3 Å². The van der Waals surface area contributed by atoms with Gasteiger partial charge in [-0.05, 0) is 29.0 Å². The fourth-order valence-electron chi connectivity index (χ4n) is 1.49. The maximum atomic E-state index is 5.61. The highest BCUT2D eigenvalue weighted by molar-refractivity contribution is 7.99. The Morgan fingerprint density at radius 2 is 2.11 bits per heavy atom. The smallest absolute Gasteiger partial charge is 0.209 e. The van der Waals surface area contributed by atoms with Gasteiger partial charge in [0.25, 0.3) is 0 Å². The van der Waals surface area contributed by atoms with Crippen LogP contribution in [0, 0.1) is 0 Å². The molecular weight excluding hydrogens is 262 g/mol. The van der Waals surface area contributed by atoms with Gasteiger partial charge in [-0.1, -0.05) is 30.0 Å². The van der Waals surface area contributed by atoms with Crippen LogP contribution >= 0.6 is 11.8 Å². The van der Waals surface area contributed by atoms with Crippen molar-refractivity contribution in [1.82, 2.24) is 20.2 Å². The molecule has 0 unspecified atom stereocenters. The molecule has 19 heavy (non-hydrogen) atoms. The van der Waals surface area contributed by atoms with E-state index in [1.54, 1.807) is 16.4 Å². The molecule has 0 atom stereocenters. The standard InChI is InChI=1S/C12H17N5OS/c13-7-8-17-12(14-15-16-17)19-10-4-9-18-11-5-2-1-3-6-11/h1-3,5-6H,4,7-10,13H2. The average molecular weight is 279 g/mol. The Bertz CT molecular complexity index is 476. The lowest BCUT2D eigenvalue weighted by atomic mass is 10.3. The van der Waals surface area contributed by atoms with Crippen LogP contribution in [0.1, 0.15) is 6.42 Å². The maximum absolute atomic E-state index is 5.61. The molecule has 0 spiro atoms. The molecule has 1 aromatic carbocycles. The molecule has 0 saturated heterocycles. The molecule has 0 radical (unpaired) electrons. The van der Waals surface area contributed by atoms with E-state index >= 15 is 0 Å². The van der Waals surface area contributed by atoms with E-state index in [2.05, 4.69) is 15.5 Å². The summed E-state index contributed by atoms with van der Waals surface area (Å²) < 4.78 is 7.34. The van der Waals surface area contributed by atoms with Crippen LogP contribution in [0.3, 0.4) is 0 Å². The summed E-state index contributed by atoms with van der Waals surface area (Å²) >= 11 is 1.62. The predicted molar refractivity (Wildman–Crippen MR) is 74.1 cm³/mol. The van der Waals surface area contributed by atoms with E-state index in [0.717, 1.165) is 23.1 Å². The van der Waals surface area contributed by atoms with Gasteiger partial charge in [-0.25, -0.2) is 4.68 Å². The molecule has 2 rings (SSSR count). The van der Waals surface area contributed by atoms with E-state index in [1.165, 1.54) is 0 Å². The SMILES string of the molecule is NCCn1nnnc1SCCCOc1ccccc1. The van der Waals surface area contributed by atoms with Crippen LogP contribution < -0.4 is 10.5 Å². The molecule has 102 valence electrons. The molecule has 0 saturated carbocycles. The Labute approximate surface area is 116 Å². The van der Waals surface area contributed by atoms with Crippen LogP contribution in [0.15, 0.2) is 35.5 Å². The molecule has 0 aliphatic heterocycles. The zero-order chi connectivity index (χ0) is 13.3. The number of para-hydroxylation sites is 1. The highest BCUT2D eigenvalue weighted by atomic mass is 32.2. The highest BCUT2D eigenvalue weighted by Crippen LogP contribution is 2.15. The first-order valence-corrected chi connectivity index (χ1v) is 7.15. The van der Waals surface area contributed by atoms with Gasteiger partial charge >= 0.3 is 0 Å². The van der Waals surface area contributed by atoms with Gasteiger partial charge < -0.3 is 10.5 Å². The third-order valence-corrected chi connectivity index (χ3v) is 3.42. The number of nitrogens with zero attached hydrogens (tertiary/aromatic N) is 4. The topological polar surface area (TPSA) is 78.9 Å². The minimum atomic E-state index is 0.537. The Hall–Kier alpha value is -1.60. The Morgan fingerprint density at radius 3 is 2.89 bits per heavy atom. The molecule has 6 nitrogen and oxygen atoms in total. The van der Waals surface area contributed by atoms with Gasteiger partial charge in [0.15, 0.2) is 0 Å². The first-order chi connectivity index (χ1) is 9.40. The van der Waals surface area contributed by atoms with Gasteiger partial charge in [-0.2, -0.15) is 0 Å². The highest BCUT2D eigenvalue weighted by Gasteiger charge is 2.05. The second-order valence-electron chi connectivity index (χ2n) is 3.84. The summed E-state index contributed by atoms with van der Waals surface area (Å²) in [6.45, 7) is 1.88. The van der Waals surface area contributed by atoms with Crippen LogP contribution in [-0.4, -0.2) is 39.1 Å². The number of benzene rings is 1. The maximum Gasteiger partial charge on any atom is 0.209 e. The number of hydrogen-bond donors (Lipinski definition) is 1. The number of aromatic nitrogens is 4. The Kier molecular flexibility index (Phi) is 5.64. The van der Waals surface area contributed by atoms with E-state index in [-0.39, 0.29) is 0 Å². The van der Waals surface area contributed by atoms with Crippen molar-refractivity contribution in [2.75, 3.05) is 18.9 Å². The van der Waals surface area contributed by atoms with Crippen molar-refractivity contribution in [3.63, 3.8) is 0 Å². The Balaban J connectivity index is 1.65. The molecule has 0 aliphatic carbocycles. The molecule has 0 bridgehead atoms. The lowest BCUT2D eigenvalue weighted by molar-refractivity contribution is 0.318. The van der Waals surface area contributed by atoms with E-state index in [4.69, 9.17) is 10.5 Å². The first-order valence-electron chi connectivity index (χ1n) is 6.17. The van der Waals surface area contributed by atoms with Crippen molar-refractivity contribution >= 4 is 11.8 Å². The van der Waals surface area contributed by atoms with Crippen LogP contribution in [0.5, 0.6) is 5.75 Å². The molecule has 1 heterocycles. The van der Waals surface area contributed by atoms with Crippen molar-refractivity contribution in [1.29, 1.82) is 0 Å². The molecule has 0 fully saturated rings. The number of ether oxygens (including phenoxy) is 1. The predicted octanol–water partition coefficient (Wildman–Crippen LogP) is 1.19. The summed E-state index contributed by atoms with van der Waals surface area (Å²) in [5.41, 5.74) is 5.48. The summed E-state index contributed by atoms with van der Waals surface area (Å²) in [6.07, 6.45) is 0.940. The number of rotatable bonds is 8. The van der Waals surface area contributed by atoms with Gasteiger partial charge in [0.05, 0.1) is 13.2 Å². The van der Waals surface area contributed by atoms with Crippen LogP contribution in [0.2, 0.25) is 0 Å². The number of nitrogens with two attached hydrogens (primary N) is 1. The molecule has 0 amide bonds. The minimum absolute atomic E-state index is 0.537. The number of thioether (sulfide) groups is 1. The zero-order valence-corrected chi connectivity index (χ0v) is 11.4. The normalized spacial score (nSPS) is 10.6. The van der Waals surface area contributed by atoms with Gasteiger partial charge in [0, 0.05) is 12.3 Å². The molecular formula is C12H17N5OS. The summed E-state index contributed by atoms with van der Waals surface area (Å²) in [7, 11) is 0. The van der Waals surface area contributed by atoms with Crippen molar-refractivity contribution in [3.8, 4) is 5.75 Å². The largest absolute Gasteiger partial charge is 0.494 e. The lowest BCUT2D eigenvalue weighted by Gasteiger charge is -2.05. The van der Waals surface area contributed by atoms with Gasteiger partial charge in [0.2, 0.25) is 5.16 Å². The van der Waals surface area contributed by atoms with Crippen LogP contribution in [0.4, 0.5) is 0 Å². The Morgan fingerprint density at radius 1 is 1.26 bits per heavy atom. The van der Waals surface area contributed by atoms with Gasteiger partial charge in [0.1, 0.15) is 5.75 Å². The lowest BCUT2D eigenvalue weighted by Crippen LogP contribution is -2.12. The van der Waals surface area contributed by atoms with Crippen LogP contribution in [0.25, 0.3) is 0 Å². The van der Waals surface area contributed by atoms with E-state index in [0.29, 0.717) is 19.7 Å². The van der Waals surface area contributed by atoms with Crippen molar-refractivity contribution < 1.29 is 4.74 Å².